The summed E-state index contributed by atoms with van der Waals surface area (Å²) in [6.07, 6.45) is 2.76. The van der Waals surface area contributed by atoms with Gasteiger partial charge in [-0.3, -0.25) is 4.79 Å². The number of amides is 1. The monoisotopic (exact) mass is 205 g/mol. The lowest BCUT2D eigenvalue weighted by molar-refractivity contribution is 0.102. The SMILES string of the molecule is O=C(Nc1ccc(F)cc1)c1ccoc1. The number of nitrogens with one attached hydrogen (secondary N) is 1. The highest BCUT2D eigenvalue weighted by molar-refractivity contribution is 6.03. The number of halogens is 1. The van der Waals surface area contributed by atoms with Crippen molar-refractivity contribution in [3.63, 3.8) is 0 Å². The fourth-order valence-corrected chi connectivity index (χ4v) is 1.13. The fraction of sp³-hybridized carbons (Fsp3) is 0. The summed E-state index contributed by atoms with van der Waals surface area (Å²) in [6.45, 7) is 0. The third kappa shape index (κ3) is 2.22. The standard InChI is InChI=1S/C11H8FNO2/c12-9-1-3-10(4-2-9)13-11(14)8-5-6-15-7-8/h1-7H,(H,13,14). The molecule has 0 bridgehead atoms. The van der Waals surface area contributed by atoms with Crippen molar-refractivity contribution in [3.05, 3.63) is 54.2 Å². The predicted molar refractivity (Wildman–Crippen MR) is 53.1 cm³/mol. The van der Waals surface area contributed by atoms with Crippen LogP contribution in [0.25, 0.3) is 0 Å². The minimum atomic E-state index is -0.337. The van der Waals surface area contributed by atoms with Gasteiger partial charge < -0.3 is 9.73 Å². The van der Waals surface area contributed by atoms with Gasteiger partial charge in [0.1, 0.15) is 12.1 Å². The van der Waals surface area contributed by atoms with E-state index in [0.29, 0.717) is 11.3 Å². The van der Waals surface area contributed by atoms with Crippen LogP contribution in [0.1, 0.15) is 10.4 Å². The summed E-state index contributed by atoms with van der Waals surface area (Å²) in [5, 5.41) is 2.61. The molecule has 15 heavy (non-hydrogen) atoms. The molecule has 76 valence electrons. The largest absolute Gasteiger partial charge is 0.472 e. The van der Waals surface area contributed by atoms with Gasteiger partial charge in [-0.2, -0.15) is 0 Å². The molecule has 0 spiro atoms. The lowest BCUT2D eigenvalue weighted by Gasteiger charge is -2.02. The minimum absolute atomic E-state index is 0.282. The molecular formula is C11H8FNO2. The van der Waals surface area contributed by atoms with Crippen LogP contribution in [0.2, 0.25) is 0 Å². The van der Waals surface area contributed by atoms with E-state index in [1.807, 2.05) is 0 Å². The zero-order valence-corrected chi connectivity index (χ0v) is 7.74. The number of benzene rings is 1. The maximum atomic E-state index is 12.6. The molecule has 0 unspecified atom stereocenters. The van der Waals surface area contributed by atoms with Gasteiger partial charge >= 0.3 is 0 Å². The van der Waals surface area contributed by atoms with Crippen LogP contribution in [-0.4, -0.2) is 5.91 Å². The number of carbonyl (C=O) groups excluding carboxylic acids is 1. The summed E-state index contributed by atoms with van der Waals surface area (Å²) in [6, 6.07) is 7.11. The van der Waals surface area contributed by atoms with Crippen LogP contribution in [0, 0.1) is 5.82 Å². The summed E-state index contributed by atoms with van der Waals surface area (Å²) in [5.41, 5.74) is 0.974. The van der Waals surface area contributed by atoms with Crippen LogP contribution in [0.15, 0.2) is 47.3 Å². The van der Waals surface area contributed by atoms with E-state index in [9.17, 15) is 9.18 Å². The predicted octanol–water partition coefficient (Wildman–Crippen LogP) is 2.67. The molecule has 0 saturated heterocycles. The Morgan fingerprint density at radius 2 is 1.93 bits per heavy atom. The third-order valence-electron chi connectivity index (χ3n) is 1.89. The summed E-state index contributed by atoms with van der Waals surface area (Å²) in [5.74, 6) is -0.619. The lowest BCUT2D eigenvalue weighted by Crippen LogP contribution is -2.10. The van der Waals surface area contributed by atoms with E-state index in [-0.39, 0.29) is 11.7 Å². The third-order valence-corrected chi connectivity index (χ3v) is 1.89. The molecule has 0 saturated carbocycles. The smallest absolute Gasteiger partial charge is 0.258 e. The lowest BCUT2D eigenvalue weighted by atomic mass is 10.3. The van der Waals surface area contributed by atoms with E-state index in [1.165, 1.54) is 36.8 Å². The Hall–Kier alpha value is -2.10. The van der Waals surface area contributed by atoms with Crippen molar-refractivity contribution in [2.45, 2.75) is 0 Å². The van der Waals surface area contributed by atoms with Gasteiger partial charge in [-0.25, -0.2) is 4.39 Å². The molecule has 0 aliphatic rings. The average Bonchev–Trinajstić information content (AvgIpc) is 2.74. The maximum Gasteiger partial charge on any atom is 0.258 e. The first-order valence-corrected chi connectivity index (χ1v) is 4.35. The van der Waals surface area contributed by atoms with E-state index >= 15 is 0 Å². The Bertz CT molecular complexity index is 448. The number of hydrogen-bond acceptors (Lipinski definition) is 2. The van der Waals surface area contributed by atoms with Crippen molar-refractivity contribution < 1.29 is 13.6 Å². The van der Waals surface area contributed by atoms with Gasteiger partial charge in [-0.15, -0.1) is 0 Å². The Morgan fingerprint density at radius 1 is 1.20 bits per heavy atom. The molecule has 1 aromatic heterocycles. The van der Waals surface area contributed by atoms with Crippen LogP contribution < -0.4 is 5.32 Å². The fourth-order valence-electron chi connectivity index (χ4n) is 1.13. The number of rotatable bonds is 2. The number of hydrogen-bond donors (Lipinski definition) is 1. The Morgan fingerprint density at radius 3 is 2.53 bits per heavy atom. The quantitative estimate of drug-likeness (QED) is 0.818. The van der Waals surface area contributed by atoms with Gasteiger partial charge in [-0.05, 0) is 30.3 Å². The molecule has 1 amide bonds. The molecular weight excluding hydrogens is 197 g/mol. The molecule has 2 rings (SSSR count). The number of furan rings is 1. The molecule has 0 aliphatic carbocycles. The molecule has 1 heterocycles. The second-order valence-corrected chi connectivity index (χ2v) is 2.97. The van der Waals surface area contributed by atoms with Crippen LogP contribution >= 0.6 is 0 Å². The van der Waals surface area contributed by atoms with Gasteiger partial charge in [0, 0.05) is 5.69 Å². The van der Waals surface area contributed by atoms with Crippen LogP contribution in [-0.2, 0) is 0 Å². The van der Waals surface area contributed by atoms with Crippen molar-refractivity contribution in [1.82, 2.24) is 0 Å². The molecule has 1 aromatic carbocycles. The van der Waals surface area contributed by atoms with Crippen LogP contribution in [0.4, 0.5) is 10.1 Å². The van der Waals surface area contributed by atoms with Gasteiger partial charge in [0.05, 0.1) is 11.8 Å². The summed E-state index contributed by atoms with van der Waals surface area (Å²) in [4.78, 5) is 11.5. The zero-order chi connectivity index (χ0) is 10.7. The van der Waals surface area contributed by atoms with E-state index in [4.69, 9.17) is 4.42 Å². The highest BCUT2D eigenvalue weighted by Gasteiger charge is 2.06. The molecule has 1 N–H and O–H groups in total. The molecule has 0 fully saturated rings. The summed E-state index contributed by atoms with van der Waals surface area (Å²) < 4.78 is 17.3. The van der Waals surface area contributed by atoms with Crippen molar-refractivity contribution in [1.29, 1.82) is 0 Å². The molecule has 4 heteroatoms. The van der Waals surface area contributed by atoms with Crippen molar-refractivity contribution in [2.24, 2.45) is 0 Å². The van der Waals surface area contributed by atoms with E-state index in [2.05, 4.69) is 5.32 Å². The molecule has 3 nitrogen and oxygen atoms in total. The van der Waals surface area contributed by atoms with Crippen molar-refractivity contribution >= 4 is 11.6 Å². The highest BCUT2D eigenvalue weighted by Crippen LogP contribution is 2.10. The Labute approximate surface area is 85.5 Å². The Balaban J connectivity index is 2.09. The first-order valence-electron chi connectivity index (χ1n) is 4.35. The van der Waals surface area contributed by atoms with E-state index < -0.39 is 0 Å². The minimum Gasteiger partial charge on any atom is -0.472 e. The van der Waals surface area contributed by atoms with Crippen molar-refractivity contribution in [3.8, 4) is 0 Å². The van der Waals surface area contributed by atoms with Crippen LogP contribution in [0.3, 0.4) is 0 Å². The van der Waals surface area contributed by atoms with Gasteiger partial charge in [-0.1, -0.05) is 0 Å². The van der Waals surface area contributed by atoms with Gasteiger partial charge in [0.15, 0.2) is 0 Å². The first kappa shape index (κ1) is 9.45. The maximum absolute atomic E-state index is 12.6. The van der Waals surface area contributed by atoms with Gasteiger partial charge in [0.25, 0.3) is 5.91 Å². The highest BCUT2D eigenvalue weighted by atomic mass is 19.1. The normalized spacial score (nSPS) is 9.93. The molecule has 2 aromatic rings. The zero-order valence-electron chi connectivity index (χ0n) is 7.74. The first-order chi connectivity index (χ1) is 7.25. The van der Waals surface area contributed by atoms with Gasteiger partial charge in [0.2, 0.25) is 0 Å². The van der Waals surface area contributed by atoms with Crippen molar-refractivity contribution in [2.75, 3.05) is 5.32 Å². The number of carbonyl (C=O) groups is 1. The van der Waals surface area contributed by atoms with Crippen LogP contribution in [0.5, 0.6) is 0 Å². The second-order valence-electron chi connectivity index (χ2n) is 2.97. The Kier molecular flexibility index (Phi) is 2.49. The topological polar surface area (TPSA) is 42.2 Å². The summed E-state index contributed by atoms with van der Waals surface area (Å²) >= 11 is 0. The number of anilines is 1. The van der Waals surface area contributed by atoms with E-state index in [0.717, 1.165) is 0 Å². The van der Waals surface area contributed by atoms with E-state index in [1.54, 1.807) is 6.07 Å². The average molecular weight is 205 g/mol. The molecule has 0 atom stereocenters. The summed E-state index contributed by atoms with van der Waals surface area (Å²) in [7, 11) is 0. The molecule has 0 radical (unpaired) electrons. The second kappa shape index (κ2) is 3.96. The molecule has 0 aliphatic heterocycles.